The van der Waals surface area contributed by atoms with Gasteiger partial charge >= 0.3 is 0 Å². The van der Waals surface area contributed by atoms with Gasteiger partial charge in [0.05, 0.1) is 17.3 Å². The maximum atomic E-state index is 12.3. The van der Waals surface area contributed by atoms with Crippen molar-refractivity contribution in [3.63, 3.8) is 0 Å². The normalized spacial score (nSPS) is 10.8. The molecule has 0 fully saturated rings. The van der Waals surface area contributed by atoms with Gasteiger partial charge in [0.15, 0.2) is 0 Å². The smallest absolute Gasteiger partial charge is 0.253 e. The largest absolute Gasteiger partial charge is 0.352 e. The van der Waals surface area contributed by atoms with E-state index >= 15 is 0 Å². The number of hydrogen-bond donors (Lipinski definition) is 1. The summed E-state index contributed by atoms with van der Waals surface area (Å²) in [7, 11) is 1.90. The standard InChI is InChI=1S/C17H18N4O/c1-21-12-13(11-20-21)5-3-10-19-17(22)15-8-2-6-14-7-4-9-18-16(14)15/h2,4,6-9,11-12H,3,5,10H2,1H3,(H,19,22). The van der Waals surface area contributed by atoms with Crippen LogP contribution in [0.5, 0.6) is 0 Å². The first-order valence-corrected chi connectivity index (χ1v) is 7.33. The molecule has 0 radical (unpaired) electrons. The lowest BCUT2D eigenvalue weighted by atomic mass is 10.1. The molecule has 5 heteroatoms. The molecule has 5 nitrogen and oxygen atoms in total. The Labute approximate surface area is 129 Å². The van der Waals surface area contributed by atoms with Crippen molar-refractivity contribution in [1.82, 2.24) is 20.1 Å². The summed E-state index contributed by atoms with van der Waals surface area (Å²) in [4.78, 5) is 16.6. The number of nitrogens with zero attached hydrogens (tertiary/aromatic N) is 3. The maximum Gasteiger partial charge on any atom is 0.253 e. The van der Waals surface area contributed by atoms with E-state index < -0.39 is 0 Å². The average molecular weight is 294 g/mol. The second-order valence-corrected chi connectivity index (χ2v) is 5.26. The van der Waals surface area contributed by atoms with Gasteiger partial charge in [0.1, 0.15) is 0 Å². The van der Waals surface area contributed by atoms with Crippen LogP contribution in [0.3, 0.4) is 0 Å². The number of hydrogen-bond acceptors (Lipinski definition) is 3. The molecule has 1 amide bonds. The second kappa shape index (κ2) is 6.39. The van der Waals surface area contributed by atoms with Gasteiger partial charge in [-0.15, -0.1) is 0 Å². The van der Waals surface area contributed by atoms with Crippen LogP contribution < -0.4 is 5.32 Å². The van der Waals surface area contributed by atoms with Gasteiger partial charge in [-0.25, -0.2) is 0 Å². The highest BCUT2D eigenvalue weighted by molar-refractivity contribution is 6.05. The third-order valence-corrected chi connectivity index (χ3v) is 3.56. The van der Waals surface area contributed by atoms with E-state index in [4.69, 9.17) is 0 Å². The molecule has 1 aromatic carbocycles. The zero-order valence-corrected chi connectivity index (χ0v) is 12.5. The van der Waals surface area contributed by atoms with E-state index in [2.05, 4.69) is 15.4 Å². The van der Waals surface area contributed by atoms with E-state index in [1.165, 1.54) is 5.56 Å². The minimum Gasteiger partial charge on any atom is -0.352 e. The molecule has 22 heavy (non-hydrogen) atoms. The fourth-order valence-corrected chi connectivity index (χ4v) is 2.48. The molecular formula is C17H18N4O. The van der Waals surface area contributed by atoms with Gasteiger partial charge in [-0.3, -0.25) is 14.5 Å². The highest BCUT2D eigenvalue weighted by atomic mass is 16.1. The zero-order valence-electron chi connectivity index (χ0n) is 12.5. The maximum absolute atomic E-state index is 12.3. The summed E-state index contributed by atoms with van der Waals surface area (Å²) in [6, 6.07) is 9.49. The van der Waals surface area contributed by atoms with Crippen LogP contribution in [0.25, 0.3) is 10.9 Å². The van der Waals surface area contributed by atoms with E-state index in [0.717, 1.165) is 23.7 Å². The Morgan fingerprint density at radius 3 is 2.95 bits per heavy atom. The number of carbonyl (C=O) groups is 1. The predicted octanol–water partition coefficient (Wildman–Crippen LogP) is 2.33. The minimum atomic E-state index is -0.0736. The molecule has 0 aliphatic heterocycles. The van der Waals surface area contributed by atoms with E-state index in [0.29, 0.717) is 12.1 Å². The number of carbonyl (C=O) groups excluding carboxylic acids is 1. The molecule has 0 unspecified atom stereocenters. The Kier molecular flexibility index (Phi) is 4.14. The molecule has 112 valence electrons. The molecule has 0 aliphatic rings. The van der Waals surface area contributed by atoms with Crippen LogP contribution in [0.1, 0.15) is 22.3 Å². The van der Waals surface area contributed by atoms with Crippen LogP contribution in [0.2, 0.25) is 0 Å². The van der Waals surface area contributed by atoms with Crippen molar-refractivity contribution in [3.8, 4) is 0 Å². The Morgan fingerprint density at radius 1 is 1.27 bits per heavy atom. The first-order chi connectivity index (χ1) is 10.7. The van der Waals surface area contributed by atoms with Gasteiger partial charge in [-0.1, -0.05) is 18.2 Å². The zero-order chi connectivity index (χ0) is 15.4. The fraction of sp³-hybridized carbons (Fsp3) is 0.235. The van der Waals surface area contributed by atoms with Gasteiger partial charge in [0.2, 0.25) is 0 Å². The molecule has 2 aromatic heterocycles. The van der Waals surface area contributed by atoms with Crippen molar-refractivity contribution < 1.29 is 4.79 Å². The number of pyridine rings is 1. The van der Waals surface area contributed by atoms with Crippen LogP contribution in [0.15, 0.2) is 48.9 Å². The lowest BCUT2D eigenvalue weighted by Crippen LogP contribution is -2.25. The van der Waals surface area contributed by atoms with Crippen molar-refractivity contribution >= 4 is 16.8 Å². The number of para-hydroxylation sites is 1. The molecule has 0 bridgehead atoms. The fourth-order valence-electron chi connectivity index (χ4n) is 2.48. The first-order valence-electron chi connectivity index (χ1n) is 7.33. The quantitative estimate of drug-likeness (QED) is 0.735. The van der Waals surface area contributed by atoms with Gasteiger partial charge < -0.3 is 5.32 Å². The molecule has 0 saturated heterocycles. The van der Waals surface area contributed by atoms with Crippen molar-refractivity contribution in [2.75, 3.05) is 6.54 Å². The number of amides is 1. The van der Waals surface area contributed by atoms with Crippen molar-refractivity contribution in [3.05, 3.63) is 60.0 Å². The minimum absolute atomic E-state index is 0.0736. The topological polar surface area (TPSA) is 59.8 Å². The summed E-state index contributed by atoms with van der Waals surface area (Å²) in [5, 5.41) is 8.07. The van der Waals surface area contributed by atoms with Gasteiger partial charge in [0.25, 0.3) is 5.91 Å². The van der Waals surface area contributed by atoms with Crippen molar-refractivity contribution in [2.45, 2.75) is 12.8 Å². The predicted molar refractivity (Wildman–Crippen MR) is 85.6 cm³/mol. The number of rotatable bonds is 5. The highest BCUT2D eigenvalue weighted by Crippen LogP contribution is 2.15. The van der Waals surface area contributed by atoms with E-state index in [1.807, 2.05) is 49.8 Å². The van der Waals surface area contributed by atoms with Crippen LogP contribution in [0.4, 0.5) is 0 Å². The van der Waals surface area contributed by atoms with Crippen LogP contribution >= 0.6 is 0 Å². The summed E-state index contributed by atoms with van der Waals surface area (Å²) < 4.78 is 1.79. The molecule has 0 saturated carbocycles. The summed E-state index contributed by atoms with van der Waals surface area (Å²) in [6.45, 7) is 0.636. The number of benzene rings is 1. The molecule has 2 heterocycles. The lowest BCUT2D eigenvalue weighted by Gasteiger charge is -2.07. The number of aryl methyl sites for hydroxylation is 2. The number of fused-ring (bicyclic) bond motifs is 1. The third-order valence-electron chi connectivity index (χ3n) is 3.56. The van der Waals surface area contributed by atoms with Gasteiger partial charge in [-0.05, 0) is 30.5 Å². The van der Waals surface area contributed by atoms with Crippen LogP contribution in [-0.2, 0) is 13.5 Å². The summed E-state index contributed by atoms with van der Waals surface area (Å²) in [5.74, 6) is -0.0736. The molecule has 1 N–H and O–H groups in total. The molecule has 0 spiro atoms. The number of nitrogens with one attached hydrogen (secondary N) is 1. The van der Waals surface area contributed by atoms with Crippen LogP contribution in [-0.4, -0.2) is 27.2 Å². The van der Waals surface area contributed by atoms with Crippen LogP contribution in [0, 0.1) is 0 Å². The average Bonchev–Trinajstić information content (AvgIpc) is 2.96. The second-order valence-electron chi connectivity index (χ2n) is 5.26. The monoisotopic (exact) mass is 294 g/mol. The summed E-state index contributed by atoms with van der Waals surface area (Å²) in [6.07, 6.45) is 7.35. The van der Waals surface area contributed by atoms with Gasteiger partial charge in [-0.2, -0.15) is 5.10 Å². The Morgan fingerprint density at radius 2 is 2.14 bits per heavy atom. The van der Waals surface area contributed by atoms with E-state index in [9.17, 15) is 4.79 Å². The highest BCUT2D eigenvalue weighted by Gasteiger charge is 2.09. The lowest BCUT2D eigenvalue weighted by molar-refractivity contribution is 0.0954. The summed E-state index contributed by atoms with van der Waals surface area (Å²) >= 11 is 0. The Balaban J connectivity index is 1.59. The number of aromatic nitrogens is 3. The molecule has 3 rings (SSSR count). The van der Waals surface area contributed by atoms with E-state index in [1.54, 1.807) is 10.9 Å². The Hall–Kier alpha value is -2.69. The molecule has 0 atom stereocenters. The Bertz CT molecular complexity index is 789. The van der Waals surface area contributed by atoms with Gasteiger partial charge in [0, 0.05) is 31.4 Å². The van der Waals surface area contributed by atoms with Crippen molar-refractivity contribution in [2.24, 2.45) is 7.05 Å². The summed E-state index contributed by atoms with van der Waals surface area (Å²) in [5.41, 5.74) is 2.55. The first kappa shape index (κ1) is 14.3. The molecular weight excluding hydrogens is 276 g/mol. The third kappa shape index (κ3) is 3.14. The van der Waals surface area contributed by atoms with Crippen molar-refractivity contribution in [1.29, 1.82) is 0 Å². The molecule has 3 aromatic rings. The SMILES string of the molecule is Cn1cc(CCCNC(=O)c2cccc3cccnc23)cn1. The molecule has 0 aliphatic carbocycles. The van der Waals surface area contributed by atoms with E-state index in [-0.39, 0.29) is 5.91 Å².